The summed E-state index contributed by atoms with van der Waals surface area (Å²) in [6.45, 7) is 5.62. The zero-order valence-electron chi connectivity index (χ0n) is 11.5. The first kappa shape index (κ1) is 14.8. The van der Waals surface area contributed by atoms with Crippen molar-refractivity contribution in [3.05, 3.63) is 34.9 Å². The molecule has 1 heterocycles. The SMILES string of the molecule is CCN(CC1CCCO1)C(CN)c1ccc(Cl)cc1. The van der Waals surface area contributed by atoms with E-state index in [1.165, 1.54) is 12.0 Å². The molecule has 0 aromatic heterocycles. The smallest absolute Gasteiger partial charge is 0.0703 e. The van der Waals surface area contributed by atoms with Crippen molar-refractivity contribution >= 4 is 11.6 Å². The molecule has 0 spiro atoms. The minimum atomic E-state index is 0.242. The summed E-state index contributed by atoms with van der Waals surface area (Å²) in [6, 6.07) is 8.24. The van der Waals surface area contributed by atoms with Gasteiger partial charge in [0.2, 0.25) is 0 Å². The third-order valence-corrected chi connectivity index (χ3v) is 4.04. The number of halogens is 1. The number of hydrogen-bond donors (Lipinski definition) is 1. The van der Waals surface area contributed by atoms with E-state index in [9.17, 15) is 0 Å². The standard InChI is InChI=1S/C15H23ClN2O/c1-2-18(11-14-4-3-9-19-14)15(10-17)12-5-7-13(16)8-6-12/h5-8,14-15H,2-4,9-11,17H2,1H3. The van der Waals surface area contributed by atoms with Crippen molar-refractivity contribution < 1.29 is 4.74 Å². The molecule has 0 radical (unpaired) electrons. The summed E-state index contributed by atoms with van der Waals surface area (Å²) in [7, 11) is 0. The zero-order chi connectivity index (χ0) is 13.7. The summed E-state index contributed by atoms with van der Waals surface area (Å²) in [6.07, 6.45) is 2.70. The van der Waals surface area contributed by atoms with Gasteiger partial charge in [-0.1, -0.05) is 30.7 Å². The van der Waals surface area contributed by atoms with Crippen molar-refractivity contribution in [3.8, 4) is 0 Å². The molecule has 1 aliphatic rings. The van der Waals surface area contributed by atoms with E-state index in [4.69, 9.17) is 22.1 Å². The number of nitrogens with two attached hydrogens (primary N) is 1. The van der Waals surface area contributed by atoms with Crippen LogP contribution in [0.3, 0.4) is 0 Å². The summed E-state index contributed by atoms with van der Waals surface area (Å²) in [5.41, 5.74) is 7.21. The lowest BCUT2D eigenvalue weighted by Crippen LogP contribution is -2.38. The summed E-state index contributed by atoms with van der Waals surface area (Å²) in [5.74, 6) is 0. The molecule has 106 valence electrons. The van der Waals surface area contributed by atoms with E-state index >= 15 is 0 Å². The first-order valence-electron chi connectivity index (χ1n) is 7.05. The number of benzene rings is 1. The topological polar surface area (TPSA) is 38.5 Å². The van der Waals surface area contributed by atoms with E-state index in [1.807, 2.05) is 12.1 Å². The highest BCUT2D eigenvalue weighted by Crippen LogP contribution is 2.23. The normalized spacial score (nSPS) is 20.9. The van der Waals surface area contributed by atoms with Gasteiger partial charge in [0, 0.05) is 30.8 Å². The fourth-order valence-corrected chi connectivity index (χ4v) is 2.83. The van der Waals surface area contributed by atoms with Gasteiger partial charge in [-0.3, -0.25) is 4.90 Å². The summed E-state index contributed by atoms with van der Waals surface area (Å²) in [5, 5.41) is 0.765. The fraction of sp³-hybridized carbons (Fsp3) is 0.600. The average molecular weight is 283 g/mol. The van der Waals surface area contributed by atoms with Crippen LogP contribution in [0, 0.1) is 0 Å². The van der Waals surface area contributed by atoms with Gasteiger partial charge >= 0.3 is 0 Å². The second-order valence-electron chi connectivity index (χ2n) is 5.03. The van der Waals surface area contributed by atoms with Crippen molar-refractivity contribution in [1.29, 1.82) is 0 Å². The number of likely N-dealkylation sites (N-methyl/N-ethyl adjacent to an activating group) is 1. The first-order valence-corrected chi connectivity index (χ1v) is 7.43. The number of rotatable bonds is 6. The van der Waals surface area contributed by atoms with E-state index in [0.717, 1.165) is 31.1 Å². The lowest BCUT2D eigenvalue weighted by molar-refractivity contribution is 0.0601. The summed E-state index contributed by atoms with van der Waals surface area (Å²) in [4.78, 5) is 2.40. The minimum Gasteiger partial charge on any atom is -0.377 e. The van der Waals surface area contributed by atoms with Crippen molar-refractivity contribution in [2.45, 2.75) is 31.9 Å². The Hall–Kier alpha value is -0.610. The molecule has 1 fully saturated rings. The largest absolute Gasteiger partial charge is 0.377 e. The predicted molar refractivity (Wildman–Crippen MR) is 79.5 cm³/mol. The zero-order valence-corrected chi connectivity index (χ0v) is 12.3. The highest BCUT2D eigenvalue weighted by molar-refractivity contribution is 6.30. The highest BCUT2D eigenvalue weighted by atomic mass is 35.5. The van der Waals surface area contributed by atoms with Crippen LogP contribution in [0.1, 0.15) is 31.4 Å². The number of ether oxygens (including phenoxy) is 1. The van der Waals surface area contributed by atoms with Gasteiger partial charge in [0.15, 0.2) is 0 Å². The van der Waals surface area contributed by atoms with Crippen LogP contribution < -0.4 is 5.73 Å². The molecule has 1 aromatic carbocycles. The van der Waals surface area contributed by atoms with Crippen molar-refractivity contribution in [2.75, 3.05) is 26.2 Å². The monoisotopic (exact) mass is 282 g/mol. The third-order valence-electron chi connectivity index (χ3n) is 3.79. The van der Waals surface area contributed by atoms with Crippen LogP contribution in [0.5, 0.6) is 0 Å². The van der Waals surface area contributed by atoms with E-state index in [1.54, 1.807) is 0 Å². The molecule has 1 aromatic rings. The van der Waals surface area contributed by atoms with Gasteiger partial charge in [-0.15, -0.1) is 0 Å². The fourth-order valence-electron chi connectivity index (χ4n) is 2.71. The van der Waals surface area contributed by atoms with Crippen molar-refractivity contribution in [2.24, 2.45) is 5.73 Å². The Bertz CT molecular complexity index is 376. The molecule has 0 amide bonds. The molecule has 2 rings (SSSR count). The van der Waals surface area contributed by atoms with Crippen LogP contribution >= 0.6 is 11.6 Å². The summed E-state index contributed by atoms with van der Waals surface area (Å²) >= 11 is 5.95. The van der Waals surface area contributed by atoms with Crippen LogP contribution in [0.4, 0.5) is 0 Å². The maximum absolute atomic E-state index is 5.98. The Morgan fingerprint density at radius 3 is 2.68 bits per heavy atom. The molecule has 2 unspecified atom stereocenters. The molecular formula is C15H23ClN2O. The van der Waals surface area contributed by atoms with Gasteiger partial charge in [-0.25, -0.2) is 0 Å². The van der Waals surface area contributed by atoms with E-state index in [2.05, 4.69) is 24.0 Å². The van der Waals surface area contributed by atoms with Gasteiger partial charge in [0.25, 0.3) is 0 Å². The van der Waals surface area contributed by atoms with Crippen molar-refractivity contribution in [3.63, 3.8) is 0 Å². The van der Waals surface area contributed by atoms with E-state index < -0.39 is 0 Å². The molecule has 2 atom stereocenters. The molecule has 0 aliphatic carbocycles. The van der Waals surface area contributed by atoms with Crippen LogP contribution in [0.2, 0.25) is 5.02 Å². The van der Waals surface area contributed by atoms with Gasteiger partial charge in [0.1, 0.15) is 0 Å². The molecular weight excluding hydrogens is 260 g/mol. The molecule has 4 heteroatoms. The lowest BCUT2D eigenvalue weighted by Gasteiger charge is -2.32. The Morgan fingerprint density at radius 1 is 1.42 bits per heavy atom. The predicted octanol–water partition coefficient (Wildman–Crippen LogP) is 2.84. The first-order chi connectivity index (χ1) is 9.24. The Labute approximate surface area is 120 Å². The van der Waals surface area contributed by atoms with Crippen LogP contribution in [-0.2, 0) is 4.74 Å². The quantitative estimate of drug-likeness (QED) is 0.872. The molecule has 0 bridgehead atoms. The van der Waals surface area contributed by atoms with Gasteiger partial charge in [0.05, 0.1) is 6.10 Å². The summed E-state index contributed by atoms with van der Waals surface area (Å²) < 4.78 is 5.73. The Kier molecular flexibility index (Phi) is 5.64. The van der Waals surface area contributed by atoms with Crippen LogP contribution in [0.25, 0.3) is 0 Å². The molecule has 0 saturated carbocycles. The van der Waals surface area contributed by atoms with Crippen molar-refractivity contribution in [1.82, 2.24) is 4.90 Å². The Morgan fingerprint density at radius 2 is 2.16 bits per heavy atom. The molecule has 1 saturated heterocycles. The molecule has 2 N–H and O–H groups in total. The highest BCUT2D eigenvalue weighted by Gasteiger charge is 2.23. The second-order valence-corrected chi connectivity index (χ2v) is 5.46. The third kappa shape index (κ3) is 3.93. The van der Waals surface area contributed by atoms with Gasteiger partial charge < -0.3 is 10.5 Å². The van der Waals surface area contributed by atoms with E-state index in [-0.39, 0.29) is 6.04 Å². The lowest BCUT2D eigenvalue weighted by atomic mass is 10.0. The van der Waals surface area contributed by atoms with Crippen LogP contribution in [0.15, 0.2) is 24.3 Å². The molecule has 1 aliphatic heterocycles. The maximum atomic E-state index is 5.98. The van der Waals surface area contributed by atoms with Gasteiger partial charge in [-0.2, -0.15) is 0 Å². The van der Waals surface area contributed by atoms with Crippen LogP contribution in [-0.4, -0.2) is 37.2 Å². The Balaban J connectivity index is 2.06. The van der Waals surface area contributed by atoms with Gasteiger partial charge in [-0.05, 0) is 37.1 Å². The average Bonchev–Trinajstić information content (AvgIpc) is 2.93. The number of hydrogen-bond acceptors (Lipinski definition) is 3. The van der Waals surface area contributed by atoms with E-state index in [0.29, 0.717) is 12.6 Å². The molecule has 3 nitrogen and oxygen atoms in total. The minimum absolute atomic E-state index is 0.242. The maximum Gasteiger partial charge on any atom is 0.0703 e. The number of nitrogens with zero attached hydrogens (tertiary/aromatic N) is 1. The second kappa shape index (κ2) is 7.25. The molecule has 19 heavy (non-hydrogen) atoms.